The molecule has 0 aliphatic heterocycles. The van der Waals surface area contributed by atoms with Crippen LogP contribution in [0, 0.1) is 0 Å². The molecule has 3 aromatic carbocycles. The fourth-order valence-electron chi connectivity index (χ4n) is 3.22. The van der Waals surface area contributed by atoms with Crippen molar-refractivity contribution in [3.63, 3.8) is 0 Å². The smallest absolute Gasteiger partial charge is 0.471 e. The highest BCUT2D eigenvalue weighted by molar-refractivity contribution is 9.10. The molecule has 0 unspecified atom stereocenters. The lowest BCUT2D eigenvalue weighted by molar-refractivity contribution is -0.274. The molecule has 0 saturated carbocycles. The Morgan fingerprint density at radius 3 is 2.14 bits per heavy atom. The fourth-order valence-corrected chi connectivity index (χ4v) is 3.78. The number of hydrogen-bond donors (Lipinski definition) is 0. The molecule has 0 N–H and O–H groups in total. The second-order valence-corrected chi connectivity index (χ2v) is 8.16. The number of alkyl halides is 6. The molecule has 0 amide bonds. The Hall–Kier alpha value is -3.47. The standard InChI is InChI=1S/C24H15BrF6N2O2/c25-20-12-17(23(26,27)28)8-11-21(20)33-13-19(16-6-9-18(10-7-16)35-24(29,30)31)22(32-33)34-14-15-4-2-1-3-5-15/h1-13H,14H2. The Morgan fingerprint density at radius 1 is 0.857 bits per heavy atom. The predicted octanol–water partition coefficient (Wildman–Crippen LogP) is 7.80. The third-order valence-corrected chi connectivity index (χ3v) is 5.45. The summed E-state index contributed by atoms with van der Waals surface area (Å²) in [4.78, 5) is 0. The second kappa shape index (κ2) is 9.65. The molecule has 182 valence electrons. The van der Waals surface area contributed by atoms with E-state index in [-0.39, 0.29) is 17.0 Å². The second-order valence-electron chi connectivity index (χ2n) is 7.30. The molecule has 4 nitrogen and oxygen atoms in total. The molecular formula is C24H15BrF6N2O2. The molecule has 0 aliphatic carbocycles. The van der Waals surface area contributed by atoms with E-state index in [2.05, 4.69) is 25.8 Å². The van der Waals surface area contributed by atoms with E-state index in [0.29, 0.717) is 16.8 Å². The van der Waals surface area contributed by atoms with E-state index in [4.69, 9.17) is 4.74 Å². The first-order valence-electron chi connectivity index (χ1n) is 9.99. The first-order chi connectivity index (χ1) is 16.5. The van der Waals surface area contributed by atoms with Crippen LogP contribution in [0.1, 0.15) is 11.1 Å². The van der Waals surface area contributed by atoms with Crippen LogP contribution in [0.5, 0.6) is 11.6 Å². The van der Waals surface area contributed by atoms with Crippen LogP contribution in [-0.2, 0) is 12.8 Å². The first kappa shape index (κ1) is 24.6. The minimum Gasteiger partial charge on any atom is -0.471 e. The maximum absolute atomic E-state index is 13.0. The molecule has 1 aromatic heterocycles. The van der Waals surface area contributed by atoms with Crippen LogP contribution in [0.25, 0.3) is 16.8 Å². The normalized spacial score (nSPS) is 12.0. The van der Waals surface area contributed by atoms with Crippen LogP contribution in [0.3, 0.4) is 0 Å². The summed E-state index contributed by atoms with van der Waals surface area (Å²) in [5.41, 5.74) is 1.22. The summed E-state index contributed by atoms with van der Waals surface area (Å²) in [5, 5.41) is 4.38. The molecule has 0 fully saturated rings. The number of ether oxygens (including phenoxy) is 2. The summed E-state index contributed by atoms with van der Waals surface area (Å²) in [6, 6.07) is 17.4. The van der Waals surface area contributed by atoms with Gasteiger partial charge in [-0.2, -0.15) is 13.2 Å². The van der Waals surface area contributed by atoms with Crippen molar-refractivity contribution in [1.82, 2.24) is 9.78 Å². The van der Waals surface area contributed by atoms with Gasteiger partial charge in [-0.05, 0) is 57.4 Å². The molecule has 0 bridgehead atoms. The van der Waals surface area contributed by atoms with Crippen molar-refractivity contribution in [2.24, 2.45) is 0 Å². The van der Waals surface area contributed by atoms with E-state index in [1.807, 2.05) is 30.3 Å². The van der Waals surface area contributed by atoms with Gasteiger partial charge in [-0.3, -0.25) is 0 Å². The van der Waals surface area contributed by atoms with Crippen LogP contribution < -0.4 is 9.47 Å². The maximum atomic E-state index is 13.0. The quantitative estimate of drug-likeness (QED) is 0.227. The van der Waals surface area contributed by atoms with Crippen LogP contribution >= 0.6 is 15.9 Å². The van der Waals surface area contributed by atoms with Gasteiger partial charge >= 0.3 is 12.5 Å². The zero-order valence-corrected chi connectivity index (χ0v) is 19.2. The van der Waals surface area contributed by atoms with Gasteiger partial charge in [0.1, 0.15) is 12.4 Å². The molecular weight excluding hydrogens is 542 g/mol. The lowest BCUT2D eigenvalue weighted by Gasteiger charge is -2.10. The Kier molecular flexibility index (Phi) is 6.79. The average molecular weight is 557 g/mol. The maximum Gasteiger partial charge on any atom is 0.573 e. The number of halogens is 7. The molecule has 35 heavy (non-hydrogen) atoms. The van der Waals surface area contributed by atoms with Gasteiger partial charge in [0, 0.05) is 10.7 Å². The van der Waals surface area contributed by atoms with Gasteiger partial charge in [0.25, 0.3) is 0 Å². The molecule has 11 heteroatoms. The van der Waals surface area contributed by atoms with Gasteiger partial charge in [0.05, 0.1) is 16.8 Å². The Labute approximate surface area is 203 Å². The minimum absolute atomic E-state index is 0.143. The van der Waals surface area contributed by atoms with Gasteiger partial charge in [-0.25, -0.2) is 4.68 Å². The highest BCUT2D eigenvalue weighted by Crippen LogP contribution is 2.36. The van der Waals surface area contributed by atoms with Crippen LogP contribution in [0.4, 0.5) is 26.3 Å². The van der Waals surface area contributed by atoms with Crippen molar-refractivity contribution in [2.45, 2.75) is 19.1 Å². The van der Waals surface area contributed by atoms with Crippen LogP contribution in [-0.4, -0.2) is 16.1 Å². The van der Waals surface area contributed by atoms with E-state index >= 15 is 0 Å². The Bertz CT molecular complexity index is 1300. The predicted molar refractivity (Wildman–Crippen MR) is 119 cm³/mol. The zero-order chi connectivity index (χ0) is 25.2. The number of aromatic nitrogens is 2. The van der Waals surface area contributed by atoms with Crippen molar-refractivity contribution >= 4 is 15.9 Å². The summed E-state index contributed by atoms with van der Waals surface area (Å²) in [7, 11) is 0. The van der Waals surface area contributed by atoms with Gasteiger partial charge in [0.15, 0.2) is 0 Å². The fraction of sp³-hybridized carbons (Fsp3) is 0.125. The third kappa shape index (κ3) is 6.16. The molecule has 4 rings (SSSR count). The van der Waals surface area contributed by atoms with Gasteiger partial charge in [0.2, 0.25) is 5.88 Å². The van der Waals surface area contributed by atoms with Crippen molar-refractivity contribution in [3.8, 4) is 28.4 Å². The van der Waals surface area contributed by atoms with E-state index in [1.54, 1.807) is 0 Å². The van der Waals surface area contributed by atoms with Gasteiger partial charge < -0.3 is 9.47 Å². The summed E-state index contributed by atoms with van der Waals surface area (Å²) in [6.45, 7) is 0.147. The SMILES string of the molecule is FC(F)(F)Oc1ccc(-c2cn(-c3ccc(C(F)(F)F)cc3Br)nc2OCc2ccccc2)cc1. The van der Waals surface area contributed by atoms with Crippen molar-refractivity contribution in [2.75, 3.05) is 0 Å². The summed E-state index contributed by atoms with van der Waals surface area (Å²) in [6.07, 6.45) is -7.82. The van der Waals surface area contributed by atoms with Gasteiger partial charge in [-0.15, -0.1) is 18.3 Å². The molecule has 0 radical (unpaired) electrons. The summed E-state index contributed by atoms with van der Waals surface area (Å²) in [5.74, 6) is -0.254. The van der Waals surface area contributed by atoms with Gasteiger partial charge in [-0.1, -0.05) is 42.5 Å². The molecule has 4 aromatic rings. The topological polar surface area (TPSA) is 36.3 Å². The van der Waals surface area contributed by atoms with Crippen LogP contribution in [0.2, 0.25) is 0 Å². The largest absolute Gasteiger partial charge is 0.573 e. The van der Waals surface area contributed by atoms with Crippen molar-refractivity contribution < 1.29 is 35.8 Å². The number of nitrogens with zero attached hydrogens (tertiary/aromatic N) is 2. The molecule has 0 atom stereocenters. The number of rotatable bonds is 6. The zero-order valence-electron chi connectivity index (χ0n) is 17.6. The van der Waals surface area contributed by atoms with E-state index < -0.39 is 23.9 Å². The monoisotopic (exact) mass is 556 g/mol. The van der Waals surface area contributed by atoms with Crippen LogP contribution in [0.15, 0.2) is 83.5 Å². The molecule has 1 heterocycles. The first-order valence-corrected chi connectivity index (χ1v) is 10.8. The highest BCUT2D eigenvalue weighted by Gasteiger charge is 2.32. The third-order valence-electron chi connectivity index (χ3n) is 4.82. The number of benzene rings is 3. The Morgan fingerprint density at radius 2 is 1.54 bits per heavy atom. The summed E-state index contributed by atoms with van der Waals surface area (Å²) >= 11 is 3.15. The average Bonchev–Trinajstić information content (AvgIpc) is 3.21. The highest BCUT2D eigenvalue weighted by atomic mass is 79.9. The van der Waals surface area contributed by atoms with Crippen molar-refractivity contribution in [1.29, 1.82) is 0 Å². The van der Waals surface area contributed by atoms with Crippen molar-refractivity contribution in [3.05, 3.63) is 94.6 Å². The lowest BCUT2D eigenvalue weighted by Crippen LogP contribution is -2.16. The lowest BCUT2D eigenvalue weighted by atomic mass is 10.1. The van der Waals surface area contributed by atoms with E-state index in [1.165, 1.54) is 29.1 Å². The summed E-state index contributed by atoms with van der Waals surface area (Å²) < 4.78 is 87.9. The number of hydrogen-bond acceptors (Lipinski definition) is 3. The molecule has 0 spiro atoms. The minimum atomic E-state index is -4.83. The Balaban J connectivity index is 1.70. The van der Waals surface area contributed by atoms with E-state index in [9.17, 15) is 26.3 Å². The molecule has 0 saturated heterocycles. The molecule has 0 aliphatic rings. The van der Waals surface area contributed by atoms with E-state index in [0.717, 1.165) is 29.8 Å².